The van der Waals surface area contributed by atoms with Crippen LogP contribution in [0, 0.1) is 0 Å². The van der Waals surface area contributed by atoms with Gasteiger partial charge in [-0.1, -0.05) is 49.0 Å². The fourth-order valence-electron chi connectivity index (χ4n) is 2.08. The maximum Gasteiger partial charge on any atom is 0.161 e. The summed E-state index contributed by atoms with van der Waals surface area (Å²) in [6, 6.07) is 18.2. The number of aliphatic imine (C=N–C) groups is 1. The number of benzene rings is 2. The van der Waals surface area contributed by atoms with Crippen molar-refractivity contribution in [1.82, 2.24) is 0 Å². The van der Waals surface area contributed by atoms with Crippen LogP contribution in [0.25, 0.3) is 0 Å². The highest BCUT2D eigenvalue weighted by Crippen LogP contribution is 2.31. The van der Waals surface area contributed by atoms with Gasteiger partial charge in [0.05, 0.1) is 11.7 Å². The van der Waals surface area contributed by atoms with Gasteiger partial charge in [-0.15, -0.1) is 0 Å². The quantitative estimate of drug-likeness (QED) is 0.882. The first kappa shape index (κ1) is 14.0. The molecule has 1 aliphatic rings. The van der Waals surface area contributed by atoms with E-state index >= 15 is 0 Å². The van der Waals surface area contributed by atoms with Crippen molar-refractivity contribution in [2.75, 3.05) is 11.1 Å². The van der Waals surface area contributed by atoms with Gasteiger partial charge in [0.25, 0.3) is 0 Å². The van der Waals surface area contributed by atoms with E-state index in [4.69, 9.17) is 4.74 Å². The highest BCUT2D eigenvalue weighted by molar-refractivity contribution is 8.14. The molecule has 2 aromatic carbocycles. The molecule has 0 spiro atoms. The molecule has 0 aliphatic carbocycles. The number of rotatable bonds is 4. The SMILES string of the molecule is CCC1CSC(Nc2ccccc2Oc2ccccc2)=N1. The zero-order chi connectivity index (χ0) is 14.5. The number of anilines is 1. The molecule has 3 rings (SSSR count). The Morgan fingerprint density at radius 1 is 1.14 bits per heavy atom. The molecule has 0 saturated heterocycles. The standard InChI is InChI=1S/C17H18N2OS/c1-2-13-12-21-17(18-13)19-15-10-6-7-11-16(15)20-14-8-4-3-5-9-14/h3-11,13H,2,12H2,1H3,(H,18,19). The van der Waals surface area contributed by atoms with Gasteiger partial charge in [0.2, 0.25) is 0 Å². The van der Waals surface area contributed by atoms with Crippen molar-refractivity contribution in [2.45, 2.75) is 19.4 Å². The predicted octanol–water partition coefficient (Wildman–Crippen LogP) is 4.77. The molecule has 1 atom stereocenters. The van der Waals surface area contributed by atoms with Gasteiger partial charge in [0.15, 0.2) is 10.9 Å². The number of para-hydroxylation sites is 3. The van der Waals surface area contributed by atoms with Crippen LogP contribution in [0.3, 0.4) is 0 Å². The number of thioether (sulfide) groups is 1. The predicted molar refractivity (Wildman–Crippen MR) is 90.6 cm³/mol. The number of hydrogen-bond acceptors (Lipinski definition) is 4. The minimum atomic E-state index is 0.430. The molecule has 1 N–H and O–H groups in total. The van der Waals surface area contributed by atoms with Gasteiger partial charge in [-0.25, -0.2) is 0 Å². The molecule has 0 fully saturated rings. The van der Waals surface area contributed by atoms with Gasteiger partial charge in [-0.2, -0.15) is 0 Å². The van der Waals surface area contributed by atoms with Gasteiger partial charge in [0.1, 0.15) is 5.75 Å². The molecule has 2 aromatic rings. The molecule has 0 aromatic heterocycles. The first-order valence-electron chi connectivity index (χ1n) is 7.14. The Morgan fingerprint density at radius 3 is 2.67 bits per heavy atom. The van der Waals surface area contributed by atoms with Gasteiger partial charge in [-0.05, 0) is 30.7 Å². The Balaban J connectivity index is 1.77. The van der Waals surface area contributed by atoms with Crippen molar-refractivity contribution >= 4 is 22.6 Å². The van der Waals surface area contributed by atoms with Crippen LogP contribution in [-0.2, 0) is 0 Å². The van der Waals surface area contributed by atoms with Crippen LogP contribution in [0.4, 0.5) is 5.69 Å². The fourth-order valence-corrected chi connectivity index (χ4v) is 3.15. The third-order valence-electron chi connectivity index (χ3n) is 3.28. The highest BCUT2D eigenvalue weighted by Gasteiger charge is 2.17. The minimum absolute atomic E-state index is 0.430. The largest absolute Gasteiger partial charge is 0.455 e. The second-order valence-corrected chi connectivity index (χ2v) is 5.85. The molecule has 0 saturated carbocycles. The second kappa shape index (κ2) is 6.68. The van der Waals surface area contributed by atoms with Crippen LogP contribution >= 0.6 is 11.8 Å². The first-order chi connectivity index (χ1) is 10.3. The smallest absolute Gasteiger partial charge is 0.161 e. The van der Waals surface area contributed by atoms with Crippen LogP contribution < -0.4 is 10.1 Å². The monoisotopic (exact) mass is 298 g/mol. The van der Waals surface area contributed by atoms with E-state index in [1.807, 2.05) is 54.6 Å². The summed E-state index contributed by atoms with van der Waals surface area (Å²) >= 11 is 1.77. The topological polar surface area (TPSA) is 33.6 Å². The lowest BCUT2D eigenvalue weighted by Gasteiger charge is -2.12. The van der Waals surface area contributed by atoms with Crippen molar-refractivity contribution in [2.24, 2.45) is 4.99 Å². The third-order valence-corrected chi connectivity index (χ3v) is 4.32. The number of amidine groups is 1. The van der Waals surface area contributed by atoms with Crippen LogP contribution in [-0.4, -0.2) is 17.0 Å². The average molecular weight is 298 g/mol. The second-order valence-electron chi connectivity index (χ2n) is 4.84. The van der Waals surface area contributed by atoms with Crippen molar-refractivity contribution in [3.63, 3.8) is 0 Å². The van der Waals surface area contributed by atoms with E-state index in [0.29, 0.717) is 6.04 Å². The molecule has 1 aliphatic heterocycles. The van der Waals surface area contributed by atoms with Gasteiger partial charge < -0.3 is 10.1 Å². The molecular weight excluding hydrogens is 280 g/mol. The van der Waals surface area contributed by atoms with Crippen molar-refractivity contribution < 1.29 is 4.74 Å². The summed E-state index contributed by atoms with van der Waals surface area (Å²) in [5.41, 5.74) is 0.948. The first-order valence-corrected chi connectivity index (χ1v) is 8.13. The third kappa shape index (κ3) is 3.58. The van der Waals surface area contributed by atoms with Gasteiger partial charge in [0, 0.05) is 5.75 Å². The molecule has 4 heteroatoms. The van der Waals surface area contributed by atoms with Gasteiger partial charge in [-0.3, -0.25) is 4.99 Å². The molecular formula is C17H18N2OS. The summed E-state index contributed by atoms with van der Waals surface area (Å²) in [7, 11) is 0. The molecule has 0 bridgehead atoms. The van der Waals surface area contributed by atoms with Gasteiger partial charge >= 0.3 is 0 Å². The van der Waals surface area contributed by atoms with Crippen LogP contribution in [0.5, 0.6) is 11.5 Å². The number of ether oxygens (including phenoxy) is 1. The van der Waals surface area contributed by atoms with Crippen LogP contribution in [0.15, 0.2) is 59.6 Å². The fraction of sp³-hybridized carbons (Fsp3) is 0.235. The van der Waals surface area contributed by atoms with E-state index in [2.05, 4.69) is 17.2 Å². The number of nitrogens with zero attached hydrogens (tertiary/aromatic N) is 1. The van der Waals surface area contributed by atoms with E-state index in [-0.39, 0.29) is 0 Å². The van der Waals surface area contributed by atoms with Crippen molar-refractivity contribution in [3.05, 3.63) is 54.6 Å². The number of hydrogen-bond donors (Lipinski definition) is 1. The summed E-state index contributed by atoms with van der Waals surface area (Å²) < 4.78 is 5.95. The minimum Gasteiger partial charge on any atom is -0.455 e. The van der Waals surface area contributed by atoms with E-state index < -0.39 is 0 Å². The lowest BCUT2D eigenvalue weighted by molar-refractivity contribution is 0.485. The molecule has 0 amide bonds. The summed E-state index contributed by atoms with van der Waals surface area (Å²) in [6.45, 7) is 2.17. The maximum absolute atomic E-state index is 5.95. The summed E-state index contributed by atoms with van der Waals surface area (Å²) in [5.74, 6) is 2.70. The van der Waals surface area contributed by atoms with Crippen LogP contribution in [0.1, 0.15) is 13.3 Å². The molecule has 21 heavy (non-hydrogen) atoms. The highest BCUT2D eigenvalue weighted by atomic mass is 32.2. The summed E-state index contributed by atoms with van der Waals surface area (Å²) in [5, 5.41) is 4.36. The molecule has 108 valence electrons. The molecule has 1 unspecified atom stereocenters. The lowest BCUT2D eigenvalue weighted by atomic mass is 10.3. The Bertz CT molecular complexity index is 628. The Morgan fingerprint density at radius 2 is 1.90 bits per heavy atom. The van der Waals surface area contributed by atoms with Crippen molar-refractivity contribution in [1.29, 1.82) is 0 Å². The van der Waals surface area contributed by atoms with E-state index in [1.165, 1.54) is 0 Å². The molecule has 1 heterocycles. The number of nitrogens with one attached hydrogen (secondary N) is 1. The summed E-state index contributed by atoms with van der Waals surface area (Å²) in [4.78, 5) is 4.66. The van der Waals surface area contributed by atoms with E-state index in [0.717, 1.165) is 34.5 Å². The lowest BCUT2D eigenvalue weighted by Crippen LogP contribution is -2.06. The molecule has 0 radical (unpaired) electrons. The Kier molecular flexibility index (Phi) is 4.46. The Labute approximate surface area is 129 Å². The zero-order valence-electron chi connectivity index (χ0n) is 12.0. The maximum atomic E-state index is 5.95. The van der Waals surface area contributed by atoms with Crippen LogP contribution in [0.2, 0.25) is 0 Å². The summed E-state index contributed by atoms with van der Waals surface area (Å²) in [6.07, 6.45) is 1.08. The zero-order valence-corrected chi connectivity index (χ0v) is 12.8. The van der Waals surface area contributed by atoms with E-state index in [9.17, 15) is 0 Å². The van der Waals surface area contributed by atoms with Crippen molar-refractivity contribution in [3.8, 4) is 11.5 Å². The molecule has 3 nitrogen and oxygen atoms in total. The normalized spacial score (nSPS) is 17.4. The Hall–Kier alpha value is -1.94. The van der Waals surface area contributed by atoms with E-state index in [1.54, 1.807) is 11.8 Å². The average Bonchev–Trinajstić information content (AvgIpc) is 2.98.